The van der Waals surface area contributed by atoms with Crippen LogP contribution in [-0.4, -0.2) is 39.7 Å². The lowest BCUT2D eigenvalue weighted by molar-refractivity contribution is 0.296. The van der Waals surface area contributed by atoms with Gasteiger partial charge >= 0.3 is 0 Å². The van der Waals surface area contributed by atoms with Crippen molar-refractivity contribution in [1.82, 2.24) is 9.97 Å². The summed E-state index contributed by atoms with van der Waals surface area (Å²) in [5.41, 5.74) is 5.32. The van der Waals surface area contributed by atoms with Gasteiger partial charge in [0.05, 0.1) is 6.33 Å². The minimum atomic E-state index is -0.328. The Balaban J connectivity index is 2.27. The summed E-state index contributed by atoms with van der Waals surface area (Å²) >= 11 is 1.73. The van der Waals surface area contributed by atoms with Crippen LogP contribution in [0.25, 0.3) is 0 Å². The first kappa shape index (κ1) is 12.9. The van der Waals surface area contributed by atoms with Gasteiger partial charge in [0, 0.05) is 18.9 Å². The predicted molar refractivity (Wildman–Crippen MR) is 66.8 cm³/mol. The number of H-pyrrole nitrogens is 1. The Morgan fingerprint density at radius 1 is 1.56 bits per heavy atom. The summed E-state index contributed by atoms with van der Waals surface area (Å²) in [6.45, 7) is 0.916. The lowest BCUT2D eigenvalue weighted by Crippen LogP contribution is -2.17. The third-order valence-corrected chi connectivity index (χ3v) is 2.94. The minimum Gasteiger partial charge on any atom is -0.396 e. The Kier molecular flexibility index (Phi) is 5.73. The maximum atomic E-state index is 11.1. The Bertz CT molecular complexity index is 369. The highest BCUT2D eigenvalue weighted by Gasteiger charge is 2.02. The lowest BCUT2D eigenvalue weighted by atomic mass is 10.5. The number of aromatic amines is 1. The normalized spacial score (nSPS) is 10.3. The van der Waals surface area contributed by atoms with Gasteiger partial charge in [0.15, 0.2) is 5.82 Å². The number of aromatic nitrogens is 2. The Morgan fingerprint density at radius 3 is 3.12 bits per heavy atom. The predicted octanol–water partition coefficient (Wildman–Crippen LogP) is -0.120. The molecule has 0 aliphatic rings. The highest BCUT2D eigenvalue weighted by molar-refractivity contribution is 7.99. The molecule has 0 unspecified atom stereocenters. The summed E-state index contributed by atoms with van der Waals surface area (Å²) in [7, 11) is 0. The van der Waals surface area contributed by atoms with E-state index in [1.807, 2.05) is 0 Å². The highest BCUT2D eigenvalue weighted by atomic mass is 32.2. The second kappa shape index (κ2) is 7.13. The van der Waals surface area contributed by atoms with Crippen LogP contribution in [0.3, 0.4) is 0 Å². The zero-order chi connectivity index (χ0) is 11.8. The zero-order valence-corrected chi connectivity index (χ0v) is 9.72. The molecule has 90 valence electrons. The average molecular weight is 244 g/mol. The van der Waals surface area contributed by atoms with Crippen molar-refractivity contribution >= 4 is 23.3 Å². The van der Waals surface area contributed by atoms with Gasteiger partial charge in [-0.2, -0.15) is 11.8 Å². The number of thioether (sulfide) groups is 1. The topological polar surface area (TPSA) is 104 Å². The Labute approximate surface area is 97.7 Å². The molecule has 0 bridgehead atoms. The molecular formula is C9H16N4O2S. The van der Waals surface area contributed by atoms with Gasteiger partial charge in [-0.3, -0.25) is 4.79 Å². The number of rotatable bonds is 7. The summed E-state index contributed by atoms with van der Waals surface area (Å²) in [6.07, 6.45) is 2.12. The smallest absolute Gasteiger partial charge is 0.276 e. The number of hydrogen-bond acceptors (Lipinski definition) is 6. The van der Waals surface area contributed by atoms with Gasteiger partial charge in [-0.1, -0.05) is 0 Å². The molecule has 1 heterocycles. The molecule has 0 saturated carbocycles. The molecule has 0 fully saturated rings. The van der Waals surface area contributed by atoms with E-state index in [2.05, 4.69) is 15.3 Å². The van der Waals surface area contributed by atoms with Crippen LogP contribution in [0.1, 0.15) is 6.42 Å². The van der Waals surface area contributed by atoms with Crippen molar-refractivity contribution in [2.75, 3.05) is 35.7 Å². The van der Waals surface area contributed by atoms with Gasteiger partial charge in [0.2, 0.25) is 0 Å². The molecule has 6 nitrogen and oxygen atoms in total. The summed E-state index contributed by atoms with van der Waals surface area (Å²) < 4.78 is 0. The van der Waals surface area contributed by atoms with Crippen molar-refractivity contribution in [3.63, 3.8) is 0 Å². The first-order valence-electron chi connectivity index (χ1n) is 5.01. The van der Waals surface area contributed by atoms with Gasteiger partial charge in [-0.25, -0.2) is 4.98 Å². The number of aliphatic hydroxyl groups excluding tert-OH is 1. The molecule has 7 heteroatoms. The number of nitrogen functional groups attached to an aromatic ring is 1. The summed E-state index contributed by atoms with van der Waals surface area (Å²) in [5, 5.41) is 11.6. The van der Waals surface area contributed by atoms with Gasteiger partial charge in [-0.05, 0) is 12.2 Å². The van der Waals surface area contributed by atoms with Crippen LogP contribution in [0, 0.1) is 0 Å². The second-order valence-corrected chi connectivity index (χ2v) is 4.33. The van der Waals surface area contributed by atoms with E-state index >= 15 is 0 Å². The van der Waals surface area contributed by atoms with E-state index < -0.39 is 0 Å². The van der Waals surface area contributed by atoms with Crippen molar-refractivity contribution in [1.29, 1.82) is 0 Å². The molecule has 1 aromatic rings. The van der Waals surface area contributed by atoms with E-state index in [-0.39, 0.29) is 17.9 Å². The van der Waals surface area contributed by atoms with E-state index in [1.165, 1.54) is 6.33 Å². The molecule has 0 aliphatic carbocycles. The molecule has 1 rings (SSSR count). The van der Waals surface area contributed by atoms with Crippen molar-refractivity contribution in [3.05, 3.63) is 16.7 Å². The van der Waals surface area contributed by atoms with Crippen molar-refractivity contribution in [2.24, 2.45) is 0 Å². The molecule has 16 heavy (non-hydrogen) atoms. The molecule has 0 atom stereocenters. The number of hydrogen-bond donors (Lipinski definition) is 4. The first-order chi connectivity index (χ1) is 7.75. The third kappa shape index (κ3) is 4.11. The number of nitrogens with zero attached hydrogens (tertiary/aromatic N) is 1. The van der Waals surface area contributed by atoms with Crippen molar-refractivity contribution in [3.8, 4) is 0 Å². The fourth-order valence-electron chi connectivity index (χ4n) is 1.06. The molecular weight excluding hydrogens is 228 g/mol. The SMILES string of the molecule is Nc1c(NCCSCCCO)nc[nH]c1=O. The molecule has 0 amide bonds. The minimum absolute atomic E-state index is 0.114. The molecule has 5 N–H and O–H groups in total. The number of aliphatic hydroxyl groups is 1. The van der Waals surface area contributed by atoms with Crippen LogP contribution in [0.5, 0.6) is 0 Å². The van der Waals surface area contributed by atoms with Crippen LogP contribution in [0.2, 0.25) is 0 Å². The Hall–Kier alpha value is -1.21. The Morgan fingerprint density at radius 2 is 2.38 bits per heavy atom. The summed E-state index contributed by atoms with van der Waals surface area (Å²) in [4.78, 5) is 17.4. The first-order valence-corrected chi connectivity index (χ1v) is 6.17. The van der Waals surface area contributed by atoms with Crippen LogP contribution < -0.4 is 16.6 Å². The summed E-state index contributed by atoms with van der Waals surface area (Å²) in [5.74, 6) is 2.23. The number of nitrogens with two attached hydrogens (primary N) is 1. The number of anilines is 2. The molecule has 0 radical (unpaired) electrons. The zero-order valence-electron chi connectivity index (χ0n) is 8.90. The molecule has 0 saturated heterocycles. The van der Waals surface area contributed by atoms with Gasteiger partial charge in [-0.15, -0.1) is 0 Å². The van der Waals surface area contributed by atoms with Gasteiger partial charge < -0.3 is 21.1 Å². The van der Waals surface area contributed by atoms with Gasteiger partial charge in [0.1, 0.15) is 5.69 Å². The molecule has 0 spiro atoms. The summed E-state index contributed by atoms with van der Waals surface area (Å²) in [6, 6.07) is 0. The molecule has 0 aliphatic heterocycles. The molecule has 1 aromatic heterocycles. The standard InChI is InChI=1S/C9H16N4O2S/c10-7-8(12-6-13-9(7)15)11-2-5-16-4-1-3-14/h6,14H,1-5,10H2,(H2,11,12,13,15). The third-order valence-electron chi connectivity index (χ3n) is 1.87. The largest absolute Gasteiger partial charge is 0.396 e. The van der Waals surface area contributed by atoms with Crippen LogP contribution >= 0.6 is 11.8 Å². The number of nitrogens with one attached hydrogen (secondary N) is 2. The second-order valence-electron chi connectivity index (χ2n) is 3.11. The van der Waals surface area contributed by atoms with E-state index in [4.69, 9.17) is 10.8 Å². The van der Waals surface area contributed by atoms with E-state index in [9.17, 15) is 4.79 Å². The van der Waals surface area contributed by atoms with Gasteiger partial charge in [0.25, 0.3) is 5.56 Å². The van der Waals surface area contributed by atoms with Crippen molar-refractivity contribution in [2.45, 2.75) is 6.42 Å². The van der Waals surface area contributed by atoms with E-state index in [1.54, 1.807) is 11.8 Å². The molecule has 0 aromatic carbocycles. The van der Waals surface area contributed by atoms with Crippen LogP contribution in [0.15, 0.2) is 11.1 Å². The van der Waals surface area contributed by atoms with E-state index in [0.29, 0.717) is 12.4 Å². The maximum Gasteiger partial charge on any atom is 0.276 e. The monoisotopic (exact) mass is 244 g/mol. The quantitative estimate of drug-likeness (QED) is 0.498. The fourth-order valence-corrected chi connectivity index (χ4v) is 1.85. The maximum absolute atomic E-state index is 11.1. The fraction of sp³-hybridized carbons (Fsp3) is 0.556. The van der Waals surface area contributed by atoms with E-state index in [0.717, 1.165) is 17.9 Å². The van der Waals surface area contributed by atoms with Crippen molar-refractivity contribution < 1.29 is 5.11 Å². The lowest BCUT2D eigenvalue weighted by Gasteiger charge is -2.06. The van der Waals surface area contributed by atoms with Crippen LogP contribution in [-0.2, 0) is 0 Å². The average Bonchev–Trinajstić information content (AvgIpc) is 2.29. The highest BCUT2D eigenvalue weighted by Crippen LogP contribution is 2.08. The van der Waals surface area contributed by atoms with Crippen LogP contribution in [0.4, 0.5) is 11.5 Å².